The number of hydrogen-bond acceptors (Lipinski definition) is 5. The number of rotatable bonds is 4. The van der Waals surface area contributed by atoms with Crippen molar-refractivity contribution in [3.8, 4) is 0 Å². The predicted molar refractivity (Wildman–Crippen MR) is 109 cm³/mol. The van der Waals surface area contributed by atoms with Gasteiger partial charge in [-0.2, -0.15) is 0 Å². The first kappa shape index (κ1) is 16.5. The van der Waals surface area contributed by atoms with E-state index in [0.29, 0.717) is 0 Å². The van der Waals surface area contributed by atoms with Gasteiger partial charge in [0.25, 0.3) is 0 Å². The number of nitrogen functional groups attached to an aromatic ring is 1. The molecule has 0 bridgehead atoms. The largest absolute Gasteiger partial charge is 0.399 e. The smallest absolute Gasteiger partial charge is 0.185 e. The molecule has 2 N–H and O–H groups in total. The van der Waals surface area contributed by atoms with Gasteiger partial charge >= 0.3 is 0 Å². The Balaban J connectivity index is 1.47. The molecule has 4 rings (SSSR count). The summed E-state index contributed by atoms with van der Waals surface area (Å²) in [7, 11) is 0. The molecule has 0 unspecified atom stereocenters. The quantitative estimate of drug-likeness (QED) is 0.540. The van der Waals surface area contributed by atoms with Gasteiger partial charge in [0.15, 0.2) is 5.13 Å². The minimum atomic E-state index is 0.842. The molecule has 0 fully saturated rings. The number of thioether (sulfide) groups is 1. The van der Waals surface area contributed by atoms with E-state index in [4.69, 9.17) is 5.73 Å². The lowest BCUT2D eigenvalue weighted by molar-refractivity contribution is 0.729. The summed E-state index contributed by atoms with van der Waals surface area (Å²) in [4.78, 5) is 9.66. The number of aromatic nitrogens is 1. The maximum atomic E-state index is 5.94. The molecule has 1 aliphatic heterocycles. The van der Waals surface area contributed by atoms with Crippen LogP contribution < -0.4 is 10.6 Å². The van der Waals surface area contributed by atoms with Gasteiger partial charge in [-0.15, -0.1) is 23.1 Å². The first-order chi connectivity index (χ1) is 12.2. The van der Waals surface area contributed by atoms with Gasteiger partial charge in [0, 0.05) is 41.2 Å². The predicted octanol–water partition coefficient (Wildman–Crippen LogP) is 4.60. The van der Waals surface area contributed by atoms with E-state index in [-0.39, 0.29) is 0 Å². The van der Waals surface area contributed by atoms with Crippen LogP contribution in [0.4, 0.5) is 10.8 Å². The molecule has 0 radical (unpaired) electrons. The molecule has 0 saturated heterocycles. The molecule has 0 saturated carbocycles. The van der Waals surface area contributed by atoms with Crippen molar-refractivity contribution in [3.05, 3.63) is 70.2 Å². The normalized spacial score (nSPS) is 13.7. The second kappa shape index (κ2) is 7.10. The lowest BCUT2D eigenvalue weighted by Crippen LogP contribution is -2.30. The van der Waals surface area contributed by atoms with E-state index in [9.17, 15) is 0 Å². The molecule has 2 heterocycles. The van der Waals surface area contributed by atoms with Gasteiger partial charge in [0.2, 0.25) is 0 Å². The van der Waals surface area contributed by atoms with Crippen LogP contribution in [0.1, 0.15) is 21.6 Å². The molecule has 0 spiro atoms. The van der Waals surface area contributed by atoms with Crippen LogP contribution in [0.3, 0.4) is 0 Å². The van der Waals surface area contributed by atoms with Crippen molar-refractivity contribution in [1.29, 1.82) is 0 Å². The summed E-state index contributed by atoms with van der Waals surface area (Å²) in [5.74, 6) is 0. The summed E-state index contributed by atoms with van der Waals surface area (Å²) < 4.78 is 0. The molecular formula is C20H21N3S2. The van der Waals surface area contributed by atoms with Gasteiger partial charge in [-0.25, -0.2) is 4.98 Å². The monoisotopic (exact) mass is 367 g/mol. The number of fused-ring (bicyclic) bond motifs is 1. The van der Waals surface area contributed by atoms with Crippen LogP contribution in [0, 0.1) is 0 Å². The highest BCUT2D eigenvalue weighted by atomic mass is 32.2. The van der Waals surface area contributed by atoms with E-state index in [1.807, 2.05) is 12.3 Å². The Morgan fingerprint density at radius 2 is 2.00 bits per heavy atom. The molecule has 128 valence electrons. The maximum Gasteiger partial charge on any atom is 0.185 e. The van der Waals surface area contributed by atoms with Crippen molar-refractivity contribution in [2.75, 3.05) is 23.4 Å². The van der Waals surface area contributed by atoms with Crippen LogP contribution in [0.25, 0.3) is 0 Å². The van der Waals surface area contributed by atoms with Crippen molar-refractivity contribution in [1.82, 2.24) is 4.98 Å². The lowest BCUT2D eigenvalue weighted by Gasteiger charge is -2.28. The summed E-state index contributed by atoms with van der Waals surface area (Å²) >= 11 is 3.58. The van der Waals surface area contributed by atoms with Crippen LogP contribution in [-0.2, 0) is 19.4 Å². The molecule has 2 aromatic carbocycles. The molecule has 1 aliphatic rings. The highest BCUT2D eigenvalue weighted by Gasteiger charge is 2.19. The van der Waals surface area contributed by atoms with Gasteiger partial charge in [0.1, 0.15) is 0 Å². The number of nitrogens with zero attached hydrogens (tertiary/aromatic N) is 2. The summed E-state index contributed by atoms with van der Waals surface area (Å²) in [5.41, 5.74) is 10.9. The van der Waals surface area contributed by atoms with Crippen molar-refractivity contribution in [3.63, 3.8) is 0 Å². The van der Waals surface area contributed by atoms with Crippen molar-refractivity contribution in [2.24, 2.45) is 0 Å². The standard InChI is InChI=1S/C20H21N3S2/c1-24-18-6-2-14(3-7-18)10-19-12-22-20(25-19)23-9-8-15-4-5-17(21)11-16(15)13-23/h2-7,11-12H,8-10,13,21H2,1H3. The van der Waals surface area contributed by atoms with E-state index in [1.54, 1.807) is 23.1 Å². The Morgan fingerprint density at radius 1 is 1.16 bits per heavy atom. The summed E-state index contributed by atoms with van der Waals surface area (Å²) in [5, 5.41) is 1.11. The molecule has 25 heavy (non-hydrogen) atoms. The maximum absolute atomic E-state index is 5.94. The molecule has 0 aliphatic carbocycles. The first-order valence-electron chi connectivity index (χ1n) is 8.41. The molecule has 3 aromatic rings. The second-order valence-corrected chi connectivity index (χ2v) is 8.31. The van der Waals surface area contributed by atoms with Crippen LogP contribution >= 0.6 is 23.1 Å². The fourth-order valence-electron chi connectivity index (χ4n) is 3.21. The molecule has 3 nitrogen and oxygen atoms in total. The highest BCUT2D eigenvalue weighted by molar-refractivity contribution is 7.98. The third kappa shape index (κ3) is 3.67. The van der Waals surface area contributed by atoms with E-state index >= 15 is 0 Å². The summed E-state index contributed by atoms with van der Waals surface area (Å²) in [6, 6.07) is 15.1. The fraction of sp³-hybridized carbons (Fsp3) is 0.250. The van der Waals surface area contributed by atoms with Gasteiger partial charge in [0.05, 0.1) is 0 Å². The number of benzene rings is 2. The summed E-state index contributed by atoms with van der Waals surface area (Å²) in [6.45, 7) is 1.92. The first-order valence-corrected chi connectivity index (χ1v) is 10.5. The Labute approximate surface area is 156 Å². The fourth-order valence-corrected chi connectivity index (χ4v) is 4.59. The Kier molecular flexibility index (Phi) is 4.68. The van der Waals surface area contributed by atoms with Crippen molar-refractivity contribution >= 4 is 33.9 Å². The Hall–Kier alpha value is -1.98. The SMILES string of the molecule is CSc1ccc(Cc2cnc(N3CCc4ccc(N)cc4C3)s2)cc1. The van der Waals surface area contributed by atoms with E-state index in [2.05, 4.69) is 52.5 Å². The van der Waals surface area contributed by atoms with Crippen molar-refractivity contribution < 1.29 is 0 Å². The average molecular weight is 368 g/mol. The number of anilines is 2. The zero-order valence-corrected chi connectivity index (χ0v) is 15.9. The molecular weight excluding hydrogens is 346 g/mol. The van der Waals surface area contributed by atoms with Crippen LogP contribution in [0.15, 0.2) is 53.6 Å². The number of hydrogen-bond donors (Lipinski definition) is 1. The van der Waals surface area contributed by atoms with Gasteiger partial charge in [-0.05, 0) is 53.6 Å². The molecule has 0 atom stereocenters. The summed E-state index contributed by atoms with van der Waals surface area (Å²) in [6.07, 6.45) is 6.14. The average Bonchev–Trinajstić information content (AvgIpc) is 3.10. The van der Waals surface area contributed by atoms with Gasteiger partial charge in [-0.3, -0.25) is 0 Å². The molecule has 1 aromatic heterocycles. The van der Waals surface area contributed by atoms with Crippen LogP contribution in [0.2, 0.25) is 0 Å². The third-order valence-corrected chi connectivity index (χ3v) is 6.39. The zero-order valence-electron chi connectivity index (χ0n) is 14.2. The van der Waals surface area contributed by atoms with Gasteiger partial charge in [-0.1, -0.05) is 18.2 Å². The van der Waals surface area contributed by atoms with Crippen molar-refractivity contribution in [2.45, 2.75) is 24.3 Å². The van der Waals surface area contributed by atoms with E-state index in [0.717, 1.165) is 36.8 Å². The minimum Gasteiger partial charge on any atom is -0.399 e. The van der Waals surface area contributed by atoms with Gasteiger partial charge < -0.3 is 10.6 Å². The Morgan fingerprint density at radius 3 is 2.80 bits per heavy atom. The van der Waals surface area contributed by atoms with E-state index < -0.39 is 0 Å². The van der Waals surface area contributed by atoms with E-state index in [1.165, 1.54) is 26.5 Å². The topological polar surface area (TPSA) is 42.2 Å². The van der Waals surface area contributed by atoms with Crippen LogP contribution in [-0.4, -0.2) is 17.8 Å². The highest BCUT2D eigenvalue weighted by Crippen LogP contribution is 2.30. The number of thiazole rings is 1. The minimum absolute atomic E-state index is 0.842. The lowest BCUT2D eigenvalue weighted by atomic mass is 9.99. The second-order valence-electron chi connectivity index (χ2n) is 6.33. The zero-order chi connectivity index (χ0) is 17.2. The third-order valence-electron chi connectivity index (χ3n) is 4.59. The number of nitrogens with two attached hydrogens (primary N) is 1. The Bertz CT molecular complexity index is 871. The molecule has 5 heteroatoms. The van der Waals surface area contributed by atoms with Crippen LogP contribution in [0.5, 0.6) is 0 Å². The molecule has 0 amide bonds.